The van der Waals surface area contributed by atoms with Crippen LogP contribution in [0.5, 0.6) is 0 Å². The van der Waals surface area contributed by atoms with Crippen LogP contribution in [0.2, 0.25) is 0 Å². The van der Waals surface area contributed by atoms with Crippen LogP contribution in [0.1, 0.15) is 36.7 Å². The lowest BCUT2D eigenvalue weighted by molar-refractivity contribution is 0.166. The molecule has 1 aliphatic rings. The quantitative estimate of drug-likeness (QED) is 0.751. The lowest BCUT2D eigenvalue weighted by Gasteiger charge is -2.26. The van der Waals surface area contributed by atoms with E-state index in [1.165, 1.54) is 11.3 Å². The average Bonchev–Trinajstić information content (AvgIpc) is 3.20. The summed E-state index contributed by atoms with van der Waals surface area (Å²) in [4.78, 5) is 21.7. The smallest absolute Gasteiger partial charge is 0.268 e. The van der Waals surface area contributed by atoms with Crippen LogP contribution >= 0.6 is 11.3 Å². The van der Waals surface area contributed by atoms with Crippen LogP contribution in [0, 0.1) is 0 Å². The Morgan fingerprint density at radius 2 is 2.33 bits per heavy atom. The number of aliphatic hydroxyl groups excluding tert-OH is 1. The Balaban J connectivity index is 1.53. The van der Waals surface area contributed by atoms with E-state index in [0.29, 0.717) is 23.5 Å². The summed E-state index contributed by atoms with van der Waals surface area (Å²) >= 11 is 1.41. The average molecular weight is 345 g/mol. The number of H-pyrrole nitrogens is 1. The first-order chi connectivity index (χ1) is 11.6. The normalized spacial score (nSPS) is 16.4. The monoisotopic (exact) mass is 345 g/mol. The highest BCUT2D eigenvalue weighted by Gasteiger charge is 2.21. The van der Waals surface area contributed by atoms with Crippen molar-refractivity contribution in [1.82, 2.24) is 24.6 Å². The first-order valence-electron chi connectivity index (χ1n) is 8.07. The van der Waals surface area contributed by atoms with Crippen molar-refractivity contribution in [2.24, 2.45) is 0 Å². The molecule has 0 radical (unpaired) electrons. The van der Waals surface area contributed by atoms with E-state index in [-0.39, 0.29) is 5.56 Å². The molecule has 0 saturated carbocycles. The molecule has 126 valence electrons. The van der Waals surface area contributed by atoms with Crippen LogP contribution in [0.25, 0.3) is 10.2 Å². The van der Waals surface area contributed by atoms with Crippen molar-refractivity contribution < 1.29 is 5.11 Å². The lowest BCUT2D eigenvalue weighted by atomic mass is 10.2. The van der Waals surface area contributed by atoms with Gasteiger partial charge in [-0.3, -0.25) is 14.4 Å². The largest absolute Gasteiger partial charge is 0.387 e. The van der Waals surface area contributed by atoms with Crippen molar-refractivity contribution in [1.29, 1.82) is 0 Å². The van der Waals surface area contributed by atoms with E-state index >= 15 is 0 Å². The number of aromatic nitrogens is 4. The highest BCUT2D eigenvalue weighted by molar-refractivity contribution is 7.17. The number of rotatable bonds is 4. The zero-order valence-electron chi connectivity index (χ0n) is 13.4. The Kier molecular flexibility index (Phi) is 3.95. The van der Waals surface area contributed by atoms with Crippen LogP contribution in [0.4, 0.5) is 0 Å². The summed E-state index contributed by atoms with van der Waals surface area (Å²) in [5.74, 6) is 0.688. The van der Waals surface area contributed by atoms with Gasteiger partial charge in [-0.2, -0.15) is 5.10 Å². The molecule has 0 aliphatic carbocycles. The standard InChI is InChI=1S/C16H19N5O2S/c1-2-13(22)12-7-10-8-20(4-5-21(10)19-12)9-14-17-11-3-6-24-15(11)16(23)18-14/h3,6-7,13,22H,2,4-5,8-9H2,1H3,(H,17,18,23)/t13-/m1/s1. The zero-order chi connectivity index (χ0) is 16.7. The third-order valence-electron chi connectivity index (χ3n) is 4.36. The van der Waals surface area contributed by atoms with E-state index in [4.69, 9.17) is 0 Å². The maximum Gasteiger partial charge on any atom is 0.268 e. The van der Waals surface area contributed by atoms with Crippen LogP contribution in [0.15, 0.2) is 22.3 Å². The summed E-state index contributed by atoms with van der Waals surface area (Å²) in [6.07, 6.45) is 0.155. The second-order valence-electron chi connectivity index (χ2n) is 6.07. The molecule has 0 fully saturated rings. The molecule has 0 unspecified atom stereocenters. The summed E-state index contributed by atoms with van der Waals surface area (Å²) < 4.78 is 2.64. The van der Waals surface area contributed by atoms with Crippen molar-refractivity contribution in [3.63, 3.8) is 0 Å². The molecule has 0 aromatic carbocycles. The van der Waals surface area contributed by atoms with Gasteiger partial charge >= 0.3 is 0 Å². The van der Waals surface area contributed by atoms with Gasteiger partial charge in [0.05, 0.1) is 36.1 Å². The summed E-state index contributed by atoms with van der Waals surface area (Å²) in [7, 11) is 0. The molecule has 1 aliphatic heterocycles. The minimum Gasteiger partial charge on any atom is -0.387 e. The van der Waals surface area contributed by atoms with Gasteiger partial charge in [-0.1, -0.05) is 6.92 Å². The molecule has 24 heavy (non-hydrogen) atoms. The summed E-state index contributed by atoms with van der Waals surface area (Å²) in [5, 5.41) is 16.3. The molecular formula is C16H19N5O2S. The van der Waals surface area contributed by atoms with Crippen molar-refractivity contribution >= 4 is 21.6 Å². The van der Waals surface area contributed by atoms with Gasteiger partial charge in [0.25, 0.3) is 5.56 Å². The number of thiophene rings is 1. The van der Waals surface area contributed by atoms with Gasteiger partial charge in [0, 0.05) is 13.1 Å². The molecule has 4 heterocycles. The predicted molar refractivity (Wildman–Crippen MR) is 91.8 cm³/mol. The van der Waals surface area contributed by atoms with Crippen molar-refractivity contribution in [2.75, 3.05) is 6.54 Å². The van der Waals surface area contributed by atoms with E-state index in [1.54, 1.807) is 0 Å². The van der Waals surface area contributed by atoms with Gasteiger partial charge in [0.1, 0.15) is 10.5 Å². The fourth-order valence-electron chi connectivity index (χ4n) is 3.06. The Bertz CT molecular complexity index is 928. The number of hydrogen-bond acceptors (Lipinski definition) is 6. The topological polar surface area (TPSA) is 87.0 Å². The number of nitrogens with one attached hydrogen (secondary N) is 1. The van der Waals surface area contributed by atoms with Crippen LogP contribution in [0.3, 0.4) is 0 Å². The van der Waals surface area contributed by atoms with Gasteiger partial charge in [0.2, 0.25) is 0 Å². The third kappa shape index (κ3) is 2.77. The summed E-state index contributed by atoms with van der Waals surface area (Å²) in [6.45, 7) is 4.88. The highest BCUT2D eigenvalue weighted by Crippen LogP contribution is 2.21. The Hall–Kier alpha value is -2.03. The summed E-state index contributed by atoms with van der Waals surface area (Å²) in [6, 6.07) is 3.85. The van der Waals surface area contributed by atoms with Gasteiger partial charge in [0.15, 0.2) is 0 Å². The molecule has 3 aromatic heterocycles. The SMILES string of the molecule is CC[C@@H](O)c1cc2n(n1)CCN(Cc1nc3ccsc3c(=O)[nH]1)C2. The Morgan fingerprint density at radius 3 is 3.17 bits per heavy atom. The van der Waals surface area contributed by atoms with Crippen LogP contribution in [-0.2, 0) is 19.6 Å². The molecular weight excluding hydrogens is 326 g/mol. The molecule has 0 saturated heterocycles. The van der Waals surface area contributed by atoms with Gasteiger partial charge < -0.3 is 10.1 Å². The van der Waals surface area contributed by atoms with Crippen molar-refractivity contribution in [3.05, 3.63) is 45.1 Å². The van der Waals surface area contributed by atoms with E-state index < -0.39 is 6.10 Å². The number of aliphatic hydroxyl groups is 1. The minimum absolute atomic E-state index is 0.0691. The van der Waals surface area contributed by atoms with Crippen LogP contribution in [-0.4, -0.2) is 36.3 Å². The van der Waals surface area contributed by atoms with E-state index in [9.17, 15) is 9.90 Å². The molecule has 7 nitrogen and oxygen atoms in total. The highest BCUT2D eigenvalue weighted by atomic mass is 32.1. The predicted octanol–water partition coefficient (Wildman–Crippen LogP) is 1.64. The third-order valence-corrected chi connectivity index (χ3v) is 5.26. The molecule has 2 N–H and O–H groups in total. The maximum absolute atomic E-state index is 12.1. The molecule has 0 bridgehead atoms. The number of aromatic amines is 1. The van der Waals surface area contributed by atoms with Gasteiger partial charge in [-0.25, -0.2) is 4.98 Å². The molecule has 0 spiro atoms. The van der Waals surface area contributed by atoms with Gasteiger partial charge in [-0.05, 0) is 23.9 Å². The number of hydrogen-bond donors (Lipinski definition) is 2. The maximum atomic E-state index is 12.1. The number of nitrogens with zero attached hydrogens (tertiary/aromatic N) is 4. The molecule has 8 heteroatoms. The van der Waals surface area contributed by atoms with Gasteiger partial charge in [-0.15, -0.1) is 11.3 Å². The molecule has 4 rings (SSSR count). The second kappa shape index (κ2) is 6.12. The van der Waals surface area contributed by atoms with E-state index in [0.717, 1.165) is 36.5 Å². The Labute approximate surface area is 142 Å². The van der Waals surface area contributed by atoms with Crippen molar-refractivity contribution in [3.8, 4) is 0 Å². The van der Waals surface area contributed by atoms with E-state index in [2.05, 4.69) is 20.0 Å². The second-order valence-corrected chi connectivity index (χ2v) is 6.98. The Morgan fingerprint density at radius 1 is 1.46 bits per heavy atom. The minimum atomic E-state index is -0.504. The molecule has 3 aromatic rings. The van der Waals surface area contributed by atoms with E-state index in [1.807, 2.05) is 29.1 Å². The first kappa shape index (κ1) is 15.5. The zero-order valence-corrected chi connectivity index (χ0v) is 14.2. The molecule has 0 amide bonds. The number of fused-ring (bicyclic) bond motifs is 2. The fourth-order valence-corrected chi connectivity index (χ4v) is 3.78. The van der Waals surface area contributed by atoms with Crippen LogP contribution < -0.4 is 5.56 Å². The first-order valence-corrected chi connectivity index (χ1v) is 8.95. The van der Waals surface area contributed by atoms with Crippen molar-refractivity contribution in [2.45, 2.75) is 39.1 Å². The molecule has 1 atom stereocenters. The fraction of sp³-hybridized carbons (Fsp3) is 0.438. The summed E-state index contributed by atoms with van der Waals surface area (Å²) in [5.41, 5.74) is 2.51. The lowest BCUT2D eigenvalue weighted by Crippen LogP contribution is -2.34.